The van der Waals surface area contributed by atoms with Crippen LogP contribution in [0.4, 0.5) is 0 Å². The molecule has 224 valence electrons. The first-order valence-corrected chi connectivity index (χ1v) is 16.1. The van der Waals surface area contributed by atoms with Crippen LogP contribution in [0.5, 0.6) is 0 Å². The van der Waals surface area contributed by atoms with E-state index in [4.69, 9.17) is 9.47 Å². The monoisotopic (exact) mass is 554 g/mol. The minimum absolute atomic E-state index is 0.0427. The van der Waals surface area contributed by atoms with Crippen molar-refractivity contribution in [1.29, 1.82) is 0 Å². The van der Waals surface area contributed by atoms with Crippen molar-refractivity contribution in [3.8, 4) is 0 Å². The van der Waals surface area contributed by atoms with E-state index in [0.29, 0.717) is 18.3 Å². The van der Waals surface area contributed by atoms with Crippen molar-refractivity contribution in [2.45, 2.75) is 133 Å². The summed E-state index contributed by atoms with van der Waals surface area (Å²) in [5.74, 6) is 0.532. The summed E-state index contributed by atoms with van der Waals surface area (Å²) < 4.78 is 11.6. The van der Waals surface area contributed by atoms with Crippen LogP contribution in [0.2, 0.25) is 0 Å². The first-order valence-electron chi connectivity index (χ1n) is 16.1. The summed E-state index contributed by atoms with van der Waals surface area (Å²) in [5.41, 5.74) is 0.413. The lowest BCUT2D eigenvalue weighted by molar-refractivity contribution is -0.210. The highest BCUT2D eigenvalue weighted by atomic mass is 16.5. The van der Waals surface area contributed by atoms with Crippen molar-refractivity contribution in [2.75, 3.05) is 6.61 Å². The Morgan fingerprint density at radius 1 is 0.925 bits per heavy atom. The third-order valence-electron chi connectivity index (χ3n) is 13.8. The maximum absolute atomic E-state index is 14.5. The van der Waals surface area contributed by atoms with Gasteiger partial charge in [-0.05, 0) is 111 Å². The summed E-state index contributed by atoms with van der Waals surface area (Å²) in [7, 11) is 0. The van der Waals surface area contributed by atoms with E-state index in [1.165, 1.54) is 12.5 Å². The molecule has 5 aliphatic carbocycles. The van der Waals surface area contributed by atoms with E-state index in [1.54, 1.807) is 0 Å². The molecule has 5 rings (SSSR count). The van der Waals surface area contributed by atoms with Crippen molar-refractivity contribution < 1.29 is 23.9 Å². The lowest BCUT2D eigenvalue weighted by Gasteiger charge is -2.70. The lowest BCUT2D eigenvalue weighted by atomic mass is 9.33. The number of ether oxygens (including phenoxy) is 2. The Labute approximate surface area is 242 Å². The first kappa shape index (κ1) is 29.8. The Morgan fingerprint density at radius 3 is 2.25 bits per heavy atom. The Morgan fingerprint density at radius 2 is 1.60 bits per heavy atom. The van der Waals surface area contributed by atoms with E-state index >= 15 is 0 Å². The Bertz CT molecular complexity index is 1120. The summed E-state index contributed by atoms with van der Waals surface area (Å²) in [6, 6.07) is 0. The lowest BCUT2D eigenvalue weighted by Crippen LogP contribution is -2.66. The van der Waals surface area contributed by atoms with Crippen LogP contribution < -0.4 is 0 Å². The van der Waals surface area contributed by atoms with E-state index in [9.17, 15) is 14.4 Å². The largest absolute Gasteiger partial charge is 0.465 e. The number of rotatable bonds is 4. The van der Waals surface area contributed by atoms with Gasteiger partial charge in [-0.25, -0.2) is 0 Å². The van der Waals surface area contributed by atoms with Crippen LogP contribution in [0.3, 0.4) is 0 Å². The van der Waals surface area contributed by atoms with E-state index in [-0.39, 0.29) is 57.0 Å². The van der Waals surface area contributed by atoms with Gasteiger partial charge in [0.25, 0.3) is 0 Å². The molecule has 5 nitrogen and oxygen atoms in total. The summed E-state index contributed by atoms with van der Waals surface area (Å²) in [6.45, 7) is 20.3. The predicted molar refractivity (Wildman–Crippen MR) is 156 cm³/mol. The second-order valence-electron chi connectivity index (χ2n) is 16.3. The normalized spacial score (nSPS) is 47.5. The fourth-order valence-corrected chi connectivity index (χ4v) is 11.1. The Balaban J connectivity index is 1.54. The van der Waals surface area contributed by atoms with Gasteiger partial charge in [0.2, 0.25) is 0 Å². The van der Waals surface area contributed by atoms with Crippen molar-refractivity contribution in [3.63, 3.8) is 0 Å². The highest BCUT2D eigenvalue weighted by Gasteiger charge is 2.70. The number of ketones is 1. The molecular formula is C35H54O5. The molecule has 0 bridgehead atoms. The standard InChI is InChI=1S/C35H54O5/c1-10-19-39-29(38)32(6)16-15-31(5)17-18-34(8)23(24(31)21-32)20-25(37)28-33(7)13-12-27(40-22(2)36)30(3,4)26(33)11-14-35(28,34)9/h20,24,26-28H,10-19,21H2,1-9H3/t24-,26-,27-,28-,31+,32+,33+,34+,35-/m0/s1. The zero-order chi connectivity index (χ0) is 29.5. The minimum atomic E-state index is -0.498. The van der Waals surface area contributed by atoms with Crippen molar-refractivity contribution in [2.24, 2.45) is 50.2 Å². The SMILES string of the molecule is CCCOC(=O)[C@]1(C)CC[C@]2(C)CC[C@]3(C)C(=CC(=O)[C@H]4[C@]5(C)CC[C@H](OC(C)=O)C(C)(C)[C@@H]5CC[C@@]43C)[C@@H]2C1. The summed E-state index contributed by atoms with van der Waals surface area (Å²) in [5, 5.41) is 0. The molecule has 40 heavy (non-hydrogen) atoms. The average molecular weight is 555 g/mol. The Kier molecular flexibility index (Phi) is 7.03. The van der Waals surface area contributed by atoms with E-state index in [2.05, 4.69) is 54.5 Å². The molecule has 0 N–H and O–H groups in total. The number of hydrogen-bond donors (Lipinski definition) is 0. The summed E-state index contributed by atoms with van der Waals surface area (Å²) in [6.07, 6.45) is 11.5. The zero-order valence-electron chi connectivity index (χ0n) is 26.7. The fourth-order valence-electron chi connectivity index (χ4n) is 11.1. The molecule has 0 saturated heterocycles. The molecular weight excluding hydrogens is 500 g/mol. The zero-order valence-corrected chi connectivity index (χ0v) is 26.7. The van der Waals surface area contributed by atoms with Gasteiger partial charge in [0, 0.05) is 18.3 Å². The number of carbonyl (C=O) groups excluding carboxylic acids is 3. The summed E-state index contributed by atoms with van der Waals surface area (Å²) >= 11 is 0. The molecule has 0 unspecified atom stereocenters. The number of hydrogen-bond acceptors (Lipinski definition) is 5. The highest BCUT2D eigenvalue weighted by Crippen LogP contribution is 2.75. The molecule has 0 spiro atoms. The molecule has 0 radical (unpaired) electrons. The third kappa shape index (κ3) is 4.02. The van der Waals surface area contributed by atoms with Crippen LogP contribution >= 0.6 is 0 Å². The fraction of sp³-hybridized carbons (Fsp3) is 0.857. The van der Waals surface area contributed by atoms with Gasteiger partial charge in [0.1, 0.15) is 6.10 Å². The van der Waals surface area contributed by atoms with Gasteiger partial charge < -0.3 is 9.47 Å². The molecule has 0 aromatic heterocycles. The van der Waals surface area contributed by atoms with Gasteiger partial charge in [-0.1, -0.05) is 54.0 Å². The molecule has 5 heteroatoms. The molecule has 9 atom stereocenters. The topological polar surface area (TPSA) is 69.7 Å². The maximum atomic E-state index is 14.5. The van der Waals surface area contributed by atoms with Gasteiger partial charge in [-0.15, -0.1) is 0 Å². The van der Waals surface area contributed by atoms with Crippen molar-refractivity contribution in [3.05, 3.63) is 11.6 Å². The van der Waals surface area contributed by atoms with Crippen LogP contribution in [0.15, 0.2) is 11.6 Å². The van der Waals surface area contributed by atoms with Gasteiger partial charge in [0.15, 0.2) is 5.78 Å². The molecule has 5 aliphatic rings. The van der Waals surface area contributed by atoms with Crippen LogP contribution in [-0.4, -0.2) is 30.4 Å². The van der Waals surface area contributed by atoms with Gasteiger partial charge in [-0.2, -0.15) is 0 Å². The average Bonchev–Trinajstić information content (AvgIpc) is 2.86. The molecule has 0 aliphatic heterocycles. The van der Waals surface area contributed by atoms with E-state index in [1.807, 2.05) is 6.92 Å². The van der Waals surface area contributed by atoms with Crippen LogP contribution in [0.25, 0.3) is 0 Å². The smallest absolute Gasteiger partial charge is 0.311 e. The predicted octanol–water partition coefficient (Wildman–Crippen LogP) is 7.85. The molecule has 0 aromatic rings. The Hall–Kier alpha value is -1.65. The van der Waals surface area contributed by atoms with Crippen LogP contribution in [-0.2, 0) is 23.9 Å². The van der Waals surface area contributed by atoms with Crippen molar-refractivity contribution >= 4 is 17.7 Å². The van der Waals surface area contributed by atoms with Gasteiger partial charge >= 0.3 is 11.9 Å². The molecule has 0 aromatic carbocycles. The van der Waals surface area contributed by atoms with Gasteiger partial charge in [-0.3, -0.25) is 14.4 Å². The van der Waals surface area contributed by atoms with Crippen LogP contribution in [0.1, 0.15) is 127 Å². The van der Waals surface area contributed by atoms with Crippen LogP contribution in [0, 0.1) is 50.2 Å². The van der Waals surface area contributed by atoms with Crippen molar-refractivity contribution in [1.82, 2.24) is 0 Å². The molecule has 0 heterocycles. The van der Waals surface area contributed by atoms with Gasteiger partial charge in [0.05, 0.1) is 12.0 Å². The molecule has 4 fully saturated rings. The third-order valence-corrected chi connectivity index (χ3v) is 13.8. The molecule has 4 saturated carbocycles. The number of esters is 2. The molecule has 0 amide bonds. The van der Waals surface area contributed by atoms with E-state index in [0.717, 1.165) is 64.2 Å². The maximum Gasteiger partial charge on any atom is 0.311 e. The first-order chi connectivity index (χ1) is 18.5. The summed E-state index contributed by atoms with van der Waals surface area (Å²) in [4.78, 5) is 39.7. The highest BCUT2D eigenvalue weighted by molar-refractivity contribution is 5.95. The van der Waals surface area contributed by atoms with E-state index < -0.39 is 5.41 Å². The minimum Gasteiger partial charge on any atom is -0.465 e. The second-order valence-corrected chi connectivity index (χ2v) is 16.3. The second kappa shape index (κ2) is 9.43. The number of fused-ring (bicyclic) bond motifs is 7. The number of carbonyl (C=O) groups is 3. The quantitative estimate of drug-likeness (QED) is 0.331. The number of allylic oxidation sites excluding steroid dienone is 2.